The fourth-order valence-electron chi connectivity index (χ4n) is 4.75. The molecule has 0 spiro atoms. The number of H-pyrrole nitrogens is 1. The fourth-order valence-corrected chi connectivity index (χ4v) is 4.75. The smallest absolute Gasteiger partial charge is 0.252 e. The second-order valence-electron chi connectivity index (χ2n) is 8.91. The molecule has 0 unspecified atom stereocenters. The summed E-state index contributed by atoms with van der Waals surface area (Å²) < 4.78 is 7.28. The number of ether oxygens (including phenoxy) is 1. The van der Waals surface area contributed by atoms with E-state index in [0.29, 0.717) is 37.0 Å². The molecular weight excluding hydrogens is 430 g/mol. The number of methoxy groups -OCH3 is 1. The molecule has 0 aliphatic heterocycles. The van der Waals surface area contributed by atoms with E-state index >= 15 is 0 Å². The summed E-state index contributed by atoms with van der Waals surface area (Å²) in [5.74, 6) is 1.54. The molecular formula is C25H29N7O2. The molecule has 0 saturated heterocycles. The van der Waals surface area contributed by atoms with E-state index in [1.54, 1.807) is 13.3 Å². The van der Waals surface area contributed by atoms with Crippen LogP contribution in [0, 0.1) is 0 Å². The molecule has 1 N–H and O–H groups in total. The first-order valence-corrected chi connectivity index (χ1v) is 11.8. The second kappa shape index (κ2) is 10.1. The van der Waals surface area contributed by atoms with Gasteiger partial charge in [0.15, 0.2) is 5.82 Å². The molecule has 5 rings (SSSR count). The number of benzene rings is 1. The molecule has 0 bridgehead atoms. The van der Waals surface area contributed by atoms with Crippen molar-refractivity contribution in [2.24, 2.45) is 0 Å². The Hall–Kier alpha value is -3.59. The first-order chi connectivity index (χ1) is 16.7. The van der Waals surface area contributed by atoms with Crippen molar-refractivity contribution in [3.63, 3.8) is 0 Å². The Bertz CT molecular complexity index is 1300. The van der Waals surface area contributed by atoms with Crippen molar-refractivity contribution in [3.05, 3.63) is 76.1 Å². The van der Waals surface area contributed by atoms with Gasteiger partial charge in [-0.05, 0) is 58.5 Å². The third-order valence-electron chi connectivity index (χ3n) is 6.50. The predicted molar refractivity (Wildman–Crippen MR) is 128 cm³/mol. The van der Waals surface area contributed by atoms with Crippen LogP contribution in [0.15, 0.2) is 53.6 Å². The number of aromatic amines is 1. The molecule has 4 aromatic rings. The molecule has 3 aromatic heterocycles. The van der Waals surface area contributed by atoms with Gasteiger partial charge < -0.3 is 9.72 Å². The van der Waals surface area contributed by atoms with Gasteiger partial charge in [0.05, 0.1) is 25.2 Å². The zero-order valence-corrected chi connectivity index (χ0v) is 19.4. The summed E-state index contributed by atoms with van der Waals surface area (Å²) in [6, 6.07) is 12.0. The number of fused-ring (bicyclic) bond motifs is 1. The van der Waals surface area contributed by atoms with Gasteiger partial charge in [-0.1, -0.05) is 25.3 Å². The number of nitrogens with zero attached hydrogens (tertiary/aromatic N) is 6. The highest BCUT2D eigenvalue weighted by atomic mass is 16.5. The number of rotatable bonds is 8. The van der Waals surface area contributed by atoms with Crippen LogP contribution in [-0.2, 0) is 19.6 Å². The summed E-state index contributed by atoms with van der Waals surface area (Å²) >= 11 is 0. The van der Waals surface area contributed by atoms with Gasteiger partial charge in [-0.15, -0.1) is 5.10 Å². The summed E-state index contributed by atoms with van der Waals surface area (Å²) in [5.41, 5.74) is 2.41. The summed E-state index contributed by atoms with van der Waals surface area (Å²) in [6.07, 6.45) is 9.52. The fraction of sp³-hybridized carbons (Fsp3) is 0.400. The van der Waals surface area contributed by atoms with Crippen molar-refractivity contribution in [2.45, 2.75) is 57.8 Å². The van der Waals surface area contributed by atoms with Gasteiger partial charge in [-0.3, -0.25) is 14.7 Å². The molecule has 1 aliphatic rings. The highest BCUT2D eigenvalue weighted by molar-refractivity contribution is 5.80. The van der Waals surface area contributed by atoms with E-state index in [-0.39, 0.29) is 5.56 Å². The van der Waals surface area contributed by atoms with E-state index in [2.05, 4.69) is 30.4 Å². The Labute approximate surface area is 197 Å². The van der Waals surface area contributed by atoms with Gasteiger partial charge in [-0.25, -0.2) is 4.68 Å². The Balaban J connectivity index is 1.43. The van der Waals surface area contributed by atoms with Crippen LogP contribution in [0.2, 0.25) is 0 Å². The van der Waals surface area contributed by atoms with Crippen LogP contribution < -0.4 is 10.3 Å². The molecule has 9 nitrogen and oxygen atoms in total. The van der Waals surface area contributed by atoms with E-state index in [4.69, 9.17) is 4.74 Å². The molecule has 1 aliphatic carbocycles. The Kier molecular flexibility index (Phi) is 6.62. The lowest BCUT2D eigenvalue weighted by Crippen LogP contribution is -2.29. The van der Waals surface area contributed by atoms with E-state index < -0.39 is 0 Å². The molecule has 34 heavy (non-hydrogen) atoms. The number of hydrogen-bond acceptors (Lipinski definition) is 7. The van der Waals surface area contributed by atoms with Crippen LogP contribution in [-0.4, -0.2) is 42.2 Å². The van der Waals surface area contributed by atoms with Crippen LogP contribution >= 0.6 is 0 Å². The Morgan fingerprint density at radius 3 is 2.79 bits per heavy atom. The average Bonchev–Trinajstić information content (AvgIpc) is 3.33. The van der Waals surface area contributed by atoms with Crippen LogP contribution in [0.1, 0.15) is 55.1 Å². The first-order valence-electron chi connectivity index (χ1n) is 11.8. The SMILES string of the molecule is COc1ccc2cc(CN(Cc3cccnc3)Cc3nnnn3C3CCCCC3)c(=O)[nH]c2c1. The van der Waals surface area contributed by atoms with Gasteiger partial charge in [-0.2, -0.15) is 0 Å². The summed E-state index contributed by atoms with van der Waals surface area (Å²) in [4.78, 5) is 22.4. The highest BCUT2D eigenvalue weighted by Gasteiger charge is 2.22. The number of nitrogens with one attached hydrogen (secondary N) is 1. The van der Waals surface area contributed by atoms with Crippen LogP contribution in [0.4, 0.5) is 0 Å². The maximum absolute atomic E-state index is 13.0. The average molecular weight is 460 g/mol. The number of hydrogen-bond donors (Lipinski definition) is 1. The molecule has 1 fully saturated rings. The molecule has 0 atom stereocenters. The topological polar surface area (TPSA) is 102 Å². The minimum Gasteiger partial charge on any atom is -0.497 e. The molecule has 176 valence electrons. The molecule has 9 heteroatoms. The minimum absolute atomic E-state index is 0.108. The summed E-state index contributed by atoms with van der Waals surface area (Å²) in [7, 11) is 1.62. The molecule has 1 aromatic carbocycles. The minimum atomic E-state index is -0.108. The summed E-state index contributed by atoms with van der Waals surface area (Å²) in [5, 5.41) is 13.6. The van der Waals surface area contributed by atoms with Gasteiger partial charge in [0, 0.05) is 37.1 Å². The van der Waals surface area contributed by atoms with Crippen molar-refractivity contribution in [2.75, 3.05) is 7.11 Å². The van der Waals surface area contributed by atoms with E-state index in [9.17, 15) is 4.79 Å². The number of tetrazole rings is 1. The van der Waals surface area contributed by atoms with E-state index in [1.807, 2.05) is 47.3 Å². The third-order valence-corrected chi connectivity index (χ3v) is 6.50. The first kappa shape index (κ1) is 22.2. The summed E-state index contributed by atoms with van der Waals surface area (Å²) in [6.45, 7) is 1.63. The van der Waals surface area contributed by atoms with Gasteiger partial charge in [0.2, 0.25) is 0 Å². The molecule has 0 radical (unpaired) electrons. The van der Waals surface area contributed by atoms with Gasteiger partial charge in [0.1, 0.15) is 5.75 Å². The molecule has 0 amide bonds. The maximum atomic E-state index is 13.0. The van der Waals surface area contributed by atoms with Crippen LogP contribution in [0.5, 0.6) is 5.75 Å². The van der Waals surface area contributed by atoms with Crippen molar-refractivity contribution in [1.29, 1.82) is 0 Å². The monoisotopic (exact) mass is 459 g/mol. The standard InChI is InChI=1S/C25H29N7O2/c1-34-22-10-9-19-12-20(25(33)27-23(19)13-22)16-31(15-18-6-5-11-26-14-18)17-24-28-29-30-32(24)21-7-3-2-4-8-21/h5-6,9-14,21H,2-4,7-8,15-17H2,1H3,(H,27,33). The number of pyridine rings is 2. The largest absolute Gasteiger partial charge is 0.497 e. The van der Waals surface area contributed by atoms with Gasteiger partial charge >= 0.3 is 0 Å². The Morgan fingerprint density at radius 2 is 2.00 bits per heavy atom. The van der Waals surface area contributed by atoms with Crippen molar-refractivity contribution >= 4 is 10.9 Å². The lowest BCUT2D eigenvalue weighted by Gasteiger charge is -2.25. The van der Waals surface area contributed by atoms with E-state index in [0.717, 1.165) is 35.1 Å². The van der Waals surface area contributed by atoms with Crippen LogP contribution in [0.3, 0.4) is 0 Å². The quantitative estimate of drug-likeness (QED) is 0.429. The lowest BCUT2D eigenvalue weighted by molar-refractivity contribution is 0.225. The normalized spacial score (nSPS) is 14.6. The second-order valence-corrected chi connectivity index (χ2v) is 8.91. The predicted octanol–water partition coefficient (Wildman–Crippen LogP) is 3.63. The van der Waals surface area contributed by atoms with Crippen molar-refractivity contribution in [3.8, 4) is 5.75 Å². The van der Waals surface area contributed by atoms with Gasteiger partial charge in [0.25, 0.3) is 5.56 Å². The van der Waals surface area contributed by atoms with Crippen molar-refractivity contribution in [1.82, 2.24) is 35.1 Å². The van der Waals surface area contributed by atoms with Crippen molar-refractivity contribution < 1.29 is 4.74 Å². The zero-order chi connectivity index (χ0) is 23.3. The Morgan fingerprint density at radius 1 is 1.12 bits per heavy atom. The maximum Gasteiger partial charge on any atom is 0.252 e. The lowest BCUT2D eigenvalue weighted by atomic mass is 9.95. The van der Waals surface area contributed by atoms with Crippen LogP contribution in [0.25, 0.3) is 10.9 Å². The van der Waals surface area contributed by atoms with E-state index in [1.165, 1.54) is 19.3 Å². The zero-order valence-electron chi connectivity index (χ0n) is 19.4. The number of aromatic nitrogens is 6. The highest BCUT2D eigenvalue weighted by Crippen LogP contribution is 2.28. The molecule has 3 heterocycles. The third kappa shape index (κ3) is 4.99. The molecule has 1 saturated carbocycles.